The molecule has 1 saturated heterocycles. The molecule has 0 aromatic rings. The summed E-state index contributed by atoms with van der Waals surface area (Å²) < 4.78 is 0. The third-order valence-corrected chi connectivity index (χ3v) is 2.44. The standard InChI is InChI=1S/C9H19NO/c1-3-9(4-2)8-10-6-5-7-11-10/h9H,3-8H2,1-2H3. The van der Waals surface area contributed by atoms with Crippen LogP contribution in [0.2, 0.25) is 0 Å². The van der Waals surface area contributed by atoms with E-state index in [2.05, 4.69) is 18.9 Å². The van der Waals surface area contributed by atoms with Gasteiger partial charge < -0.3 is 0 Å². The molecule has 0 radical (unpaired) electrons. The predicted molar refractivity (Wildman–Crippen MR) is 46.2 cm³/mol. The lowest BCUT2D eigenvalue weighted by Crippen LogP contribution is -2.24. The van der Waals surface area contributed by atoms with E-state index in [0.29, 0.717) is 0 Å². The molecule has 1 rings (SSSR count). The van der Waals surface area contributed by atoms with Gasteiger partial charge >= 0.3 is 0 Å². The summed E-state index contributed by atoms with van der Waals surface area (Å²) >= 11 is 0. The predicted octanol–water partition coefficient (Wildman–Crippen LogP) is 2.06. The van der Waals surface area contributed by atoms with Gasteiger partial charge in [-0.1, -0.05) is 26.7 Å². The van der Waals surface area contributed by atoms with Gasteiger partial charge in [-0.25, -0.2) is 0 Å². The minimum Gasteiger partial charge on any atom is -0.299 e. The first kappa shape index (κ1) is 9.01. The highest BCUT2D eigenvalue weighted by atomic mass is 16.7. The lowest BCUT2D eigenvalue weighted by atomic mass is 10.0. The molecule has 0 N–H and O–H groups in total. The maximum absolute atomic E-state index is 5.42. The Morgan fingerprint density at radius 3 is 2.55 bits per heavy atom. The number of hydrogen-bond acceptors (Lipinski definition) is 2. The van der Waals surface area contributed by atoms with Gasteiger partial charge in [-0.15, -0.1) is 0 Å². The second-order valence-corrected chi connectivity index (χ2v) is 3.26. The van der Waals surface area contributed by atoms with Crippen molar-refractivity contribution in [1.29, 1.82) is 0 Å². The normalized spacial score (nSPS) is 19.9. The molecule has 1 aliphatic heterocycles. The zero-order valence-corrected chi connectivity index (χ0v) is 7.68. The summed E-state index contributed by atoms with van der Waals surface area (Å²) in [6, 6.07) is 0. The van der Waals surface area contributed by atoms with Gasteiger partial charge in [0.2, 0.25) is 0 Å². The van der Waals surface area contributed by atoms with Crippen molar-refractivity contribution in [1.82, 2.24) is 5.06 Å². The zero-order valence-electron chi connectivity index (χ0n) is 7.68. The Bertz CT molecular complexity index is 95.7. The van der Waals surface area contributed by atoms with Crippen molar-refractivity contribution in [2.75, 3.05) is 19.7 Å². The van der Waals surface area contributed by atoms with Gasteiger partial charge in [0.15, 0.2) is 0 Å². The van der Waals surface area contributed by atoms with Gasteiger partial charge in [-0.2, -0.15) is 5.06 Å². The van der Waals surface area contributed by atoms with Crippen molar-refractivity contribution >= 4 is 0 Å². The molecule has 11 heavy (non-hydrogen) atoms. The van der Waals surface area contributed by atoms with E-state index in [0.717, 1.165) is 25.6 Å². The Morgan fingerprint density at radius 2 is 2.09 bits per heavy atom. The van der Waals surface area contributed by atoms with E-state index in [9.17, 15) is 0 Å². The van der Waals surface area contributed by atoms with E-state index in [1.807, 2.05) is 0 Å². The van der Waals surface area contributed by atoms with E-state index in [4.69, 9.17) is 4.84 Å². The van der Waals surface area contributed by atoms with Crippen molar-refractivity contribution in [3.05, 3.63) is 0 Å². The Kier molecular flexibility index (Phi) is 3.87. The lowest BCUT2D eigenvalue weighted by molar-refractivity contribution is -0.119. The molecule has 0 bridgehead atoms. The van der Waals surface area contributed by atoms with E-state index in [1.165, 1.54) is 19.3 Å². The van der Waals surface area contributed by atoms with Crippen LogP contribution in [0.1, 0.15) is 33.1 Å². The number of hydroxylamine groups is 2. The maximum Gasteiger partial charge on any atom is 0.0698 e. The summed E-state index contributed by atoms with van der Waals surface area (Å²) in [6.07, 6.45) is 3.76. The van der Waals surface area contributed by atoms with Crippen molar-refractivity contribution in [2.45, 2.75) is 33.1 Å². The molecule has 1 fully saturated rings. The summed E-state index contributed by atoms with van der Waals surface area (Å²) in [5.41, 5.74) is 0. The number of rotatable bonds is 4. The molecule has 0 atom stereocenters. The van der Waals surface area contributed by atoms with Gasteiger partial charge in [0.1, 0.15) is 0 Å². The Labute approximate surface area is 69.5 Å². The fourth-order valence-electron chi connectivity index (χ4n) is 1.48. The maximum atomic E-state index is 5.42. The van der Waals surface area contributed by atoms with E-state index in [-0.39, 0.29) is 0 Å². The van der Waals surface area contributed by atoms with Gasteiger partial charge in [0.05, 0.1) is 6.61 Å². The first-order valence-electron chi connectivity index (χ1n) is 4.74. The van der Waals surface area contributed by atoms with Crippen LogP contribution in [0, 0.1) is 5.92 Å². The number of hydrogen-bond donors (Lipinski definition) is 0. The van der Waals surface area contributed by atoms with Gasteiger partial charge in [-0.3, -0.25) is 4.84 Å². The summed E-state index contributed by atoms with van der Waals surface area (Å²) in [5.74, 6) is 0.827. The van der Waals surface area contributed by atoms with Crippen LogP contribution < -0.4 is 0 Å². The molecule has 0 unspecified atom stereocenters. The van der Waals surface area contributed by atoms with E-state index in [1.54, 1.807) is 0 Å². The first-order valence-corrected chi connectivity index (χ1v) is 4.74. The van der Waals surface area contributed by atoms with Crippen molar-refractivity contribution in [3.63, 3.8) is 0 Å². The lowest BCUT2D eigenvalue weighted by Gasteiger charge is -2.19. The molecule has 0 saturated carbocycles. The van der Waals surface area contributed by atoms with Crippen LogP contribution in [0.15, 0.2) is 0 Å². The van der Waals surface area contributed by atoms with E-state index < -0.39 is 0 Å². The monoisotopic (exact) mass is 157 g/mol. The summed E-state index contributed by atoms with van der Waals surface area (Å²) in [4.78, 5) is 5.42. The van der Waals surface area contributed by atoms with Crippen molar-refractivity contribution < 1.29 is 4.84 Å². The Hall–Kier alpha value is -0.0800. The average Bonchev–Trinajstić information content (AvgIpc) is 2.52. The third-order valence-electron chi connectivity index (χ3n) is 2.44. The summed E-state index contributed by atoms with van der Waals surface area (Å²) in [7, 11) is 0. The fourth-order valence-corrected chi connectivity index (χ4v) is 1.48. The molecule has 0 amide bonds. The Morgan fingerprint density at radius 1 is 1.36 bits per heavy atom. The highest BCUT2D eigenvalue weighted by Gasteiger charge is 2.15. The summed E-state index contributed by atoms with van der Waals surface area (Å²) in [5, 5.41) is 2.12. The SMILES string of the molecule is CCC(CC)CN1CCCO1. The number of nitrogens with zero attached hydrogens (tertiary/aromatic N) is 1. The molecular formula is C9H19NO. The molecular weight excluding hydrogens is 138 g/mol. The smallest absolute Gasteiger partial charge is 0.0698 e. The van der Waals surface area contributed by atoms with Crippen LogP contribution in [0.25, 0.3) is 0 Å². The third kappa shape index (κ3) is 2.80. The molecule has 1 heterocycles. The topological polar surface area (TPSA) is 12.5 Å². The molecule has 0 aliphatic carbocycles. The average molecular weight is 157 g/mol. The second-order valence-electron chi connectivity index (χ2n) is 3.26. The molecule has 0 aromatic heterocycles. The van der Waals surface area contributed by atoms with Crippen LogP contribution in [-0.2, 0) is 4.84 Å². The quantitative estimate of drug-likeness (QED) is 0.619. The van der Waals surface area contributed by atoms with Crippen LogP contribution in [0.5, 0.6) is 0 Å². The molecule has 0 spiro atoms. The van der Waals surface area contributed by atoms with E-state index >= 15 is 0 Å². The zero-order chi connectivity index (χ0) is 8.10. The molecule has 0 aromatic carbocycles. The summed E-state index contributed by atoms with van der Waals surface area (Å²) in [6.45, 7) is 7.71. The van der Waals surface area contributed by atoms with Crippen LogP contribution in [0.4, 0.5) is 0 Å². The minimum absolute atomic E-state index is 0.827. The minimum atomic E-state index is 0.827. The largest absolute Gasteiger partial charge is 0.299 e. The fraction of sp³-hybridized carbons (Fsp3) is 1.00. The molecule has 66 valence electrons. The van der Waals surface area contributed by atoms with Crippen molar-refractivity contribution in [3.8, 4) is 0 Å². The highest BCUT2D eigenvalue weighted by molar-refractivity contribution is 4.60. The molecule has 2 nitrogen and oxygen atoms in total. The van der Waals surface area contributed by atoms with Gasteiger partial charge in [0, 0.05) is 13.1 Å². The van der Waals surface area contributed by atoms with Crippen LogP contribution in [0.3, 0.4) is 0 Å². The molecule has 2 heteroatoms. The van der Waals surface area contributed by atoms with Gasteiger partial charge in [0.25, 0.3) is 0 Å². The Balaban J connectivity index is 2.16. The van der Waals surface area contributed by atoms with Crippen LogP contribution >= 0.6 is 0 Å². The van der Waals surface area contributed by atoms with Crippen molar-refractivity contribution in [2.24, 2.45) is 5.92 Å². The van der Waals surface area contributed by atoms with Gasteiger partial charge in [-0.05, 0) is 12.3 Å². The van der Waals surface area contributed by atoms with Crippen LogP contribution in [-0.4, -0.2) is 24.8 Å². The molecule has 1 aliphatic rings. The first-order chi connectivity index (χ1) is 5.36. The highest BCUT2D eigenvalue weighted by Crippen LogP contribution is 2.13. The second kappa shape index (κ2) is 4.73.